The van der Waals surface area contributed by atoms with Crippen LogP contribution < -0.4 is 5.73 Å². The van der Waals surface area contributed by atoms with Crippen molar-refractivity contribution in [2.24, 2.45) is 5.73 Å². The van der Waals surface area contributed by atoms with Gasteiger partial charge in [-0.25, -0.2) is 0 Å². The first-order chi connectivity index (χ1) is 8.85. The van der Waals surface area contributed by atoms with Crippen molar-refractivity contribution in [3.63, 3.8) is 0 Å². The first kappa shape index (κ1) is 13.3. The van der Waals surface area contributed by atoms with Crippen molar-refractivity contribution >= 4 is 5.91 Å². The molecule has 1 amide bonds. The van der Waals surface area contributed by atoms with Crippen molar-refractivity contribution in [1.82, 2.24) is 9.78 Å². The molecular weight excluding hydrogens is 242 g/mol. The van der Waals surface area contributed by atoms with E-state index < -0.39 is 11.5 Å². The fourth-order valence-electron chi connectivity index (χ4n) is 1.85. The van der Waals surface area contributed by atoms with Crippen molar-refractivity contribution in [2.45, 2.75) is 26.0 Å². The number of nitrogens with two attached hydrogens (primary N) is 1. The SMILES string of the molecule is CC(C)(O)Cn1cc(-c2cccc(C(N)=O)c2)cn1. The van der Waals surface area contributed by atoms with E-state index in [9.17, 15) is 9.90 Å². The van der Waals surface area contributed by atoms with Crippen LogP contribution in [0.15, 0.2) is 36.7 Å². The number of primary amides is 1. The van der Waals surface area contributed by atoms with Crippen molar-refractivity contribution in [1.29, 1.82) is 0 Å². The van der Waals surface area contributed by atoms with Crippen molar-refractivity contribution in [3.8, 4) is 11.1 Å². The van der Waals surface area contributed by atoms with E-state index in [0.717, 1.165) is 11.1 Å². The van der Waals surface area contributed by atoms with E-state index in [-0.39, 0.29) is 0 Å². The zero-order chi connectivity index (χ0) is 14.0. The Hall–Kier alpha value is -2.14. The Labute approximate surface area is 111 Å². The summed E-state index contributed by atoms with van der Waals surface area (Å²) < 4.78 is 1.67. The average molecular weight is 259 g/mol. The second kappa shape index (κ2) is 4.85. The number of benzene rings is 1. The summed E-state index contributed by atoms with van der Waals surface area (Å²) in [7, 11) is 0. The molecule has 1 aromatic heterocycles. The van der Waals surface area contributed by atoms with E-state index in [2.05, 4.69) is 5.10 Å². The van der Waals surface area contributed by atoms with E-state index in [0.29, 0.717) is 12.1 Å². The molecule has 5 heteroatoms. The number of hydrogen-bond donors (Lipinski definition) is 2. The maximum atomic E-state index is 11.1. The molecule has 0 spiro atoms. The Morgan fingerprint density at radius 3 is 2.79 bits per heavy atom. The van der Waals surface area contributed by atoms with Gasteiger partial charge >= 0.3 is 0 Å². The Balaban J connectivity index is 2.28. The average Bonchev–Trinajstić information content (AvgIpc) is 2.75. The zero-order valence-electron chi connectivity index (χ0n) is 11.0. The van der Waals surface area contributed by atoms with Crippen LogP contribution in [0.2, 0.25) is 0 Å². The molecule has 0 saturated heterocycles. The molecule has 2 rings (SSSR count). The minimum Gasteiger partial charge on any atom is -0.389 e. The van der Waals surface area contributed by atoms with Crippen LogP contribution in [-0.2, 0) is 6.54 Å². The van der Waals surface area contributed by atoms with Crippen LogP contribution in [0.5, 0.6) is 0 Å². The lowest BCUT2D eigenvalue weighted by molar-refractivity contribution is 0.0577. The highest BCUT2D eigenvalue weighted by Crippen LogP contribution is 2.20. The van der Waals surface area contributed by atoms with Crippen molar-refractivity contribution in [2.75, 3.05) is 0 Å². The molecule has 0 aliphatic rings. The molecule has 3 N–H and O–H groups in total. The Morgan fingerprint density at radius 1 is 1.42 bits per heavy atom. The number of hydrogen-bond acceptors (Lipinski definition) is 3. The molecule has 0 saturated carbocycles. The summed E-state index contributed by atoms with van der Waals surface area (Å²) in [6.07, 6.45) is 3.53. The monoisotopic (exact) mass is 259 g/mol. The third-order valence-electron chi connectivity index (χ3n) is 2.66. The largest absolute Gasteiger partial charge is 0.389 e. The van der Waals surface area contributed by atoms with Crippen LogP contribution in [0.1, 0.15) is 24.2 Å². The van der Waals surface area contributed by atoms with Crippen LogP contribution >= 0.6 is 0 Å². The standard InChI is InChI=1S/C14H17N3O2/c1-14(2,19)9-17-8-12(7-16-17)10-4-3-5-11(6-10)13(15)18/h3-8,19H,9H2,1-2H3,(H2,15,18). The predicted molar refractivity (Wildman–Crippen MR) is 72.5 cm³/mol. The summed E-state index contributed by atoms with van der Waals surface area (Å²) in [4.78, 5) is 11.1. The minimum absolute atomic E-state index is 0.405. The Morgan fingerprint density at radius 2 is 2.16 bits per heavy atom. The third kappa shape index (κ3) is 3.42. The number of rotatable bonds is 4. The molecule has 0 radical (unpaired) electrons. The summed E-state index contributed by atoms with van der Waals surface area (Å²) in [6, 6.07) is 7.07. The number of aromatic nitrogens is 2. The van der Waals surface area contributed by atoms with Gasteiger partial charge in [-0.3, -0.25) is 9.48 Å². The number of aliphatic hydroxyl groups is 1. The Kier molecular flexibility index (Phi) is 3.40. The van der Waals surface area contributed by atoms with Gasteiger partial charge in [0.05, 0.1) is 18.3 Å². The van der Waals surface area contributed by atoms with Crippen LogP contribution in [0.4, 0.5) is 0 Å². The second-order valence-electron chi connectivity index (χ2n) is 5.18. The summed E-state index contributed by atoms with van der Waals surface area (Å²) >= 11 is 0. The quantitative estimate of drug-likeness (QED) is 0.871. The molecule has 0 bridgehead atoms. The molecule has 19 heavy (non-hydrogen) atoms. The maximum absolute atomic E-state index is 11.1. The molecular formula is C14H17N3O2. The van der Waals surface area contributed by atoms with Crippen LogP contribution in [0.25, 0.3) is 11.1 Å². The third-order valence-corrected chi connectivity index (χ3v) is 2.66. The molecule has 100 valence electrons. The lowest BCUT2D eigenvalue weighted by atomic mass is 10.1. The van der Waals surface area contributed by atoms with Crippen molar-refractivity contribution < 1.29 is 9.90 Å². The first-order valence-electron chi connectivity index (χ1n) is 6.00. The van der Waals surface area contributed by atoms with Crippen LogP contribution in [-0.4, -0.2) is 26.4 Å². The van der Waals surface area contributed by atoms with Gasteiger partial charge in [0, 0.05) is 17.3 Å². The van der Waals surface area contributed by atoms with Gasteiger partial charge in [-0.1, -0.05) is 12.1 Å². The molecule has 0 atom stereocenters. The zero-order valence-corrected chi connectivity index (χ0v) is 11.0. The van der Waals surface area contributed by atoms with Gasteiger partial charge in [0.25, 0.3) is 0 Å². The fourth-order valence-corrected chi connectivity index (χ4v) is 1.85. The fraction of sp³-hybridized carbons (Fsp3) is 0.286. The van der Waals surface area contributed by atoms with Gasteiger partial charge in [0.15, 0.2) is 0 Å². The lowest BCUT2D eigenvalue weighted by Gasteiger charge is -2.16. The van der Waals surface area contributed by atoms with Crippen LogP contribution in [0, 0.1) is 0 Å². The highest BCUT2D eigenvalue weighted by atomic mass is 16.3. The van der Waals surface area contributed by atoms with Crippen LogP contribution in [0.3, 0.4) is 0 Å². The van der Waals surface area contributed by atoms with Gasteiger partial charge < -0.3 is 10.8 Å². The molecule has 0 fully saturated rings. The molecule has 2 aromatic rings. The molecule has 5 nitrogen and oxygen atoms in total. The molecule has 0 aliphatic carbocycles. The summed E-state index contributed by atoms with van der Waals surface area (Å²) in [5, 5.41) is 13.9. The summed E-state index contributed by atoms with van der Waals surface area (Å²) in [6.45, 7) is 3.85. The van der Waals surface area contributed by atoms with E-state index in [1.165, 1.54) is 0 Å². The summed E-state index contributed by atoms with van der Waals surface area (Å²) in [5.74, 6) is -0.453. The molecule has 1 heterocycles. The predicted octanol–water partition coefficient (Wildman–Crippen LogP) is 1.42. The minimum atomic E-state index is -0.821. The van der Waals surface area contributed by atoms with Gasteiger partial charge in [-0.2, -0.15) is 5.10 Å². The first-order valence-corrected chi connectivity index (χ1v) is 6.00. The summed E-state index contributed by atoms with van der Waals surface area (Å²) in [5.41, 5.74) is 6.66. The van der Waals surface area contributed by atoms with Gasteiger partial charge in [-0.15, -0.1) is 0 Å². The Bertz CT molecular complexity index is 597. The highest BCUT2D eigenvalue weighted by Gasteiger charge is 2.14. The number of nitrogens with zero attached hydrogens (tertiary/aromatic N) is 2. The lowest BCUT2D eigenvalue weighted by Crippen LogP contribution is -2.26. The normalized spacial score (nSPS) is 11.5. The van der Waals surface area contributed by atoms with Gasteiger partial charge in [-0.05, 0) is 31.5 Å². The highest BCUT2D eigenvalue weighted by molar-refractivity contribution is 5.94. The van der Waals surface area contributed by atoms with Gasteiger partial charge in [0.2, 0.25) is 5.91 Å². The number of amides is 1. The molecule has 0 aliphatic heterocycles. The van der Waals surface area contributed by atoms with Gasteiger partial charge in [0.1, 0.15) is 0 Å². The number of carbonyl (C=O) groups is 1. The van der Waals surface area contributed by atoms with E-state index in [1.807, 2.05) is 12.3 Å². The molecule has 0 unspecified atom stereocenters. The second-order valence-corrected chi connectivity index (χ2v) is 5.18. The molecule has 1 aromatic carbocycles. The van der Waals surface area contributed by atoms with E-state index in [1.54, 1.807) is 42.9 Å². The smallest absolute Gasteiger partial charge is 0.248 e. The number of carbonyl (C=O) groups excluding carboxylic acids is 1. The topological polar surface area (TPSA) is 81.1 Å². The van der Waals surface area contributed by atoms with Crippen molar-refractivity contribution in [3.05, 3.63) is 42.2 Å². The van der Waals surface area contributed by atoms with E-state index in [4.69, 9.17) is 5.73 Å². The van der Waals surface area contributed by atoms with E-state index >= 15 is 0 Å². The maximum Gasteiger partial charge on any atom is 0.248 e.